The van der Waals surface area contributed by atoms with Gasteiger partial charge in [0, 0.05) is 32.5 Å². The summed E-state index contributed by atoms with van der Waals surface area (Å²) in [6.45, 7) is 3.97. The van der Waals surface area contributed by atoms with E-state index in [9.17, 15) is 9.59 Å². The van der Waals surface area contributed by atoms with Crippen molar-refractivity contribution in [2.45, 2.75) is 39.0 Å². The lowest BCUT2D eigenvalue weighted by molar-refractivity contribution is -0.137. The molecule has 23 heavy (non-hydrogen) atoms. The molecule has 1 N–H and O–H groups in total. The Morgan fingerprint density at radius 1 is 1.13 bits per heavy atom. The van der Waals surface area contributed by atoms with Crippen molar-refractivity contribution in [3.8, 4) is 0 Å². The molecule has 0 bridgehead atoms. The molecule has 1 aromatic carbocycles. The van der Waals surface area contributed by atoms with Crippen LogP contribution >= 0.6 is 0 Å². The Balaban J connectivity index is 1.51. The number of hydrogen-bond donors (Lipinski definition) is 1. The average molecular weight is 314 g/mol. The van der Waals surface area contributed by atoms with Crippen LogP contribution in [0.1, 0.15) is 37.3 Å². The van der Waals surface area contributed by atoms with Gasteiger partial charge in [0.25, 0.3) is 0 Å². The van der Waals surface area contributed by atoms with E-state index in [0.29, 0.717) is 11.8 Å². The highest BCUT2D eigenvalue weighted by atomic mass is 16.2. The van der Waals surface area contributed by atoms with Crippen molar-refractivity contribution in [3.05, 3.63) is 35.4 Å². The van der Waals surface area contributed by atoms with Crippen LogP contribution in [0.15, 0.2) is 24.3 Å². The summed E-state index contributed by atoms with van der Waals surface area (Å²) in [5.41, 5.74) is 2.75. The molecule has 4 nitrogen and oxygen atoms in total. The number of piperidine rings is 1. The molecule has 1 saturated heterocycles. The minimum Gasteiger partial charge on any atom is -0.356 e. The second kappa shape index (κ2) is 7.16. The molecule has 0 unspecified atom stereocenters. The number of fused-ring (bicyclic) bond motifs is 1. The van der Waals surface area contributed by atoms with E-state index < -0.39 is 0 Å². The van der Waals surface area contributed by atoms with Crippen LogP contribution in [0.25, 0.3) is 0 Å². The second-order valence-corrected chi connectivity index (χ2v) is 6.91. The Hall–Kier alpha value is -1.84. The molecule has 4 heteroatoms. The lowest BCUT2D eigenvalue weighted by Gasteiger charge is -2.35. The van der Waals surface area contributed by atoms with Gasteiger partial charge in [0.1, 0.15) is 0 Å². The highest BCUT2D eigenvalue weighted by Crippen LogP contribution is 2.28. The molecule has 2 aliphatic rings. The summed E-state index contributed by atoms with van der Waals surface area (Å²) in [5.74, 6) is 1.02. The van der Waals surface area contributed by atoms with E-state index in [1.807, 2.05) is 4.90 Å². The average Bonchev–Trinajstić information content (AvgIpc) is 2.59. The first-order valence-electron chi connectivity index (χ1n) is 8.73. The van der Waals surface area contributed by atoms with Gasteiger partial charge in [0.05, 0.1) is 0 Å². The fourth-order valence-electron chi connectivity index (χ4n) is 3.81. The Labute approximate surface area is 138 Å². The van der Waals surface area contributed by atoms with E-state index in [1.54, 1.807) is 6.92 Å². The zero-order chi connectivity index (χ0) is 16.2. The fourth-order valence-corrected chi connectivity index (χ4v) is 3.81. The molecular formula is C19H26N2O2. The predicted octanol–water partition coefficient (Wildman–Crippen LogP) is 2.17. The largest absolute Gasteiger partial charge is 0.356 e. The van der Waals surface area contributed by atoms with Crippen LogP contribution in [-0.4, -0.2) is 36.3 Å². The molecule has 1 fully saturated rings. The van der Waals surface area contributed by atoms with Gasteiger partial charge < -0.3 is 10.2 Å². The summed E-state index contributed by atoms with van der Waals surface area (Å²) in [5, 5.41) is 2.89. The minimum absolute atomic E-state index is 0.0318. The van der Waals surface area contributed by atoms with E-state index in [-0.39, 0.29) is 11.8 Å². The molecule has 1 aromatic rings. The van der Waals surface area contributed by atoms with Gasteiger partial charge in [-0.2, -0.15) is 0 Å². The topological polar surface area (TPSA) is 49.4 Å². The number of hydrogen-bond acceptors (Lipinski definition) is 2. The van der Waals surface area contributed by atoms with Crippen LogP contribution in [0.3, 0.4) is 0 Å². The third kappa shape index (κ3) is 3.92. The van der Waals surface area contributed by atoms with Crippen LogP contribution in [0.5, 0.6) is 0 Å². The van der Waals surface area contributed by atoms with Crippen molar-refractivity contribution >= 4 is 11.8 Å². The molecule has 1 heterocycles. The number of benzene rings is 1. The van der Waals surface area contributed by atoms with Gasteiger partial charge >= 0.3 is 0 Å². The van der Waals surface area contributed by atoms with Crippen LogP contribution < -0.4 is 5.32 Å². The van der Waals surface area contributed by atoms with E-state index >= 15 is 0 Å². The van der Waals surface area contributed by atoms with Crippen LogP contribution in [-0.2, 0) is 22.4 Å². The molecule has 0 radical (unpaired) electrons. The molecule has 0 spiro atoms. The number of nitrogens with one attached hydrogen (secondary N) is 1. The molecule has 0 aromatic heterocycles. The van der Waals surface area contributed by atoms with Gasteiger partial charge in [-0.3, -0.25) is 9.59 Å². The summed E-state index contributed by atoms with van der Waals surface area (Å²) in [4.78, 5) is 25.8. The highest BCUT2D eigenvalue weighted by Gasteiger charge is 2.30. The van der Waals surface area contributed by atoms with Gasteiger partial charge in [0.2, 0.25) is 11.8 Å². The van der Waals surface area contributed by atoms with Crippen LogP contribution in [0.2, 0.25) is 0 Å². The maximum absolute atomic E-state index is 12.8. The van der Waals surface area contributed by atoms with Crippen molar-refractivity contribution in [1.29, 1.82) is 0 Å². The third-order valence-corrected chi connectivity index (χ3v) is 5.26. The van der Waals surface area contributed by atoms with Gasteiger partial charge in [-0.05, 0) is 49.1 Å². The Bertz CT molecular complexity index is 576. The molecule has 1 atom stereocenters. The predicted molar refractivity (Wildman–Crippen MR) is 89.9 cm³/mol. The number of nitrogens with zero attached hydrogens (tertiary/aromatic N) is 1. The molecule has 1 aliphatic carbocycles. The first kappa shape index (κ1) is 16.0. The van der Waals surface area contributed by atoms with Gasteiger partial charge in [-0.25, -0.2) is 0 Å². The van der Waals surface area contributed by atoms with Crippen molar-refractivity contribution in [2.75, 3.05) is 19.6 Å². The zero-order valence-corrected chi connectivity index (χ0v) is 13.9. The number of carbonyl (C=O) groups excluding carboxylic acids is 2. The van der Waals surface area contributed by atoms with Crippen molar-refractivity contribution in [1.82, 2.24) is 10.2 Å². The molecule has 3 rings (SSSR count). The van der Waals surface area contributed by atoms with E-state index in [4.69, 9.17) is 0 Å². The maximum Gasteiger partial charge on any atom is 0.226 e. The van der Waals surface area contributed by atoms with Crippen molar-refractivity contribution in [3.63, 3.8) is 0 Å². The van der Waals surface area contributed by atoms with Crippen molar-refractivity contribution in [2.24, 2.45) is 11.8 Å². The van der Waals surface area contributed by atoms with E-state index in [2.05, 4.69) is 29.6 Å². The van der Waals surface area contributed by atoms with Crippen LogP contribution in [0, 0.1) is 11.8 Å². The molecule has 0 saturated carbocycles. The number of rotatable bonds is 3. The van der Waals surface area contributed by atoms with Crippen molar-refractivity contribution < 1.29 is 9.59 Å². The zero-order valence-electron chi connectivity index (χ0n) is 13.9. The number of aryl methyl sites for hydroxylation is 1. The minimum atomic E-state index is 0.0318. The smallest absolute Gasteiger partial charge is 0.226 e. The summed E-state index contributed by atoms with van der Waals surface area (Å²) < 4.78 is 0. The fraction of sp³-hybridized carbons (Fsp3) is 0.579. The number of amides is 2. The second-order valence-electron chi connectivity index (χ2n) is 6.91. The first-order valence-corrected chi connectivity index (χ1v) is 8.73. The van der Waals surface area contributed by atoms with Gasteiger partial charge in [-0.15, -0.1) is 0 Å². The first-order chi connectivity index (χ1) is 11.1. The molecule has 124 valence electrons. The third-order valence-electron chi connectivity index (χ3n) is 5.26. The number of carbonyl (C=O) groups is 2. The van der Waals surface area contributed by atoms with E-state index in [0.717, 1.165) is 51.7 Å². The van der Waals surface area contributed by atoms with E-state index in [1.165, 1.54) is 11.1 Å². The monoisotopic (exact) mass is 314 g/mol. The lowest BCUT2D eigenvalue weighted by atomic mass is 9.82. The standard InChI is InChI=1S/C19H26N2O2/c1-14(22)20-13-15-8-10-21(11-9-15)19(23)18-7-6-16-4-2-3-5-17(16)12-18/h2-5,15,18H,6-13H2,1H3,(H,20,22)/t18-/m1/s1. The summed E-state index contributed by atoms with van der Waals surface area (Å²) in [6.07, 6.45) is 4.87. The quantitative estimate of drug-likeness (QED) is 0.929. The Kier molecular flexibility index (Phi) is 4.99. The Morgan fingerprint density at radius 3 is 2.52 bits per heavy atom. The molecule has 1 aliphatic heterocycles. The van der Waals surface area contributed by atoms with Gasteiger partial charge in [0.15, 0.2) is 0 Å². The lowest BCUT2D eigenvalue weighted by Crippen LogP contribution is -2.44. The highest BCUT2D eigenvalue weighted by molar-refractivity contribution is 5.79. The summed E-state index contributed by atoms with van der Waals surface area (Å²) in [6, 6.07) is 8.50. The van der Waals surface area contributed by atoms with Crippen LogP contribution in [0.4, 0.5) is 0 Å². The number of likely N-dealkylation sites (tertiary alicyclic amines) is 1. The van der Waals surface area contributed by atoms with Gasteiger partial charge in [-0.1, -0.05) is 24.3 Å². The Morgan fingerprint density at radius 2 is 1.83 bits per heavy atom. The summed E-state index contributed by atoms with van der Waals surface area (Å²) in [7, 11) is 0. The summed E-state index contributed by atoms with van der Waals surface area (Å²) >= 11 is 0. The SMILES string of the molecule is CC(=O)NCC1CCN(C(=O)[C@@H]2CCc3ccccc3C2)CC1. The molecule has 2 amide bonds. The normalized spacial score (nSPS) is 21.6. The maximum atomic E-state index is 12.8. The molecular weight excluding hydrogens is 288 g/mol.